The third kappa shape index (κ3) is 2.31. The average molecular weight is 243 g/mol. The monoisotopic (exact) mass is 243 g/mol. The Balaban J connectivity index is 3.38. The van der Waals surface area contributed by atoms with E-state index in [-0.39, 0.29) is 16.0 Å². The maximum atomic E-state index is 12.5. The predicted octanol–water partition coefficient (Wildman–Crippen LogP) is 2.57. The molecule has 1 rings (SSSR count). The third-order valence-electron chi connectivity index (χ3n) is 1.93. The number of nitrogens with zero attached hydrogens (tertiary/aromatic N) is 1. The van der Waals surface area contributed by atoms with Gasteiger partial charge in [-0.05, 0) is 12.1 Å². The first-order chi connectivity index (χ1) is 7.51. The smallest absolute Gasteiger partial charge is 0.339 e. The number of halogens is 2. The van der Waals surface area contributed by atoms with Gasteiger partial charge < -0.3 is 4.74 Å². The second-order valence-corrected chi connectivity index (χ2v) is 3.34. The van der Waals surface area contributed by atoms with Gasteiger partial charge in [0.05, 0.1) is 24.3 Å². The summed E-state index contributed by atoms with van der Waals surface area (Å²) in [6.07, 6.45) is -2.78. The van der Waals surface area contributed by atoms with Crippen molar-refractivity contribution < 1.29 is 18.3 Å². The number of hydrogen-bond acceptors (Lipinski definition) is 4. The van der Waals surface area contributed by atoms with Crippen molar-refractivity contribution in [3.05, 3.63) is 28.8 Å². The number of esters is 1. The molecule has 0 unspecified atom stereocenters. The Morgan fingerprint density at radius 2 is 2.19 bits per heavy atom. The first kappa shape index (κ1) is 12.5. The maximum Gasteiger partial charge on any atom is 0.339 e. The first-order valence-corrected chi connectivity index (χ1v) is 4.59. The molecule has 1 aromatic carbocycles. The van der Waals surface area contributed by atoms with Crippen LogP contribution in [0.5, 0.6) is 0 Å². The fraction of sp³-hybridized carbons (Fsp3) is 0.200. The number of rotatable bonds is 2. The summed E-state index contributed by atoms with van der Waals surface area (Å²) in [5.41, 5.74) is -0.708. The summed E-state index contributed by atoms with van der Waals surface area (Å²) < 4.78 is 29.4. The molecule has 1 aromatic rings. The molecule has 0 saturated heterocycles. The second-order valence-electron chi connectivity index (χ2n) is 2.86. The second kappa shape index (κ2) is 4.94. The number of carbonyl (C=O) groups excluding carboxylic acids is 1. The summed E-state index contributed by atoms with van der Waals surface area (Å²) >= 11 is 3.90. The minimum absolute atomic E-state index is 0.00761. The number of thiol groups is 1. The van der Waals surface area contributed by atoms with E-state index in [9.17, 15) is 13.6 Å². The van der Waals surface area contributed by atoms with E-state index in [2.05, 4.69) is 17.4 Å². The van der Waals surface area contributed by atoms with Crippen molar-refractivity contribution in [2.24, 2.45) is 0 Å². The zero-order valence-electron chi connectivity index (χ0n) is 8.20. The van der Waals surface area contributed by atoms with Gasteiger partial charge in [-0.15, -0.1) is 12.6 Å². The van der Waals surface area contributed by atoms with Gasteiger partial charge in [0.25, 0.3) is 6.43 Å². The number of carbonyl (C=O) groups is 1. The van der Waals surface area contributed by atoms with Crippen LogP contribution in [0.1, 0.15) is 27.9 Å². The highest BCUT2D eigenvalue weighted by atomic mass is 32.1. The first-order valence-electron chi connectivity index (χ1n) is 4.14. The molecule has 0 heterocycles. The summed E-state index contributed by atoms with van der Waals surface area (Å²) in [7, 11) is 1.16. The number of methoxy groups -OCH3 is 1. The molecule has 0 aromatic heterocycles. The van der Waals surface area contributed by atoms with Gasteiger partial charge in [0.2, 0.25) is 0 Å². The van der Waals surface area contributed by atoms with Gasteiger partial charge in [0.1, 0.15) is 0 Å². The molecule has 0 atom stereocenters. The lowest BCUT2D eigenvalue weighted by Crippen LogP contribution is -2.05. The Kier molecular flexibility index (Phi) is 3.85. The van der Waals surface area contributed by atoms with Gasteiger partial charge in [0.15, 0.2) is 0 Å². The molecule has 0 N–H and O–H groups in total. The molecular formula is C10H7F2NO2S. The van der Waals surface area contributed by atoms with Crippen LogP contribution in [0.2, 0.25) is 0 Å². The molecule has 0 amide bonds. The van der Waals surface area contributed by atoms with Crippen LogP contribution < -0.4 is 0 Å². The Bertz CT molecular complexity index is 469. The molecule has 16 heavy (non-hydrogen) atoms. The van der Waals surface area contributed by atoms with Gasteiger partial charge in [0, 0.05) is 10.5 Å². The normalized spacial score (nSPS) is 10.0. The van der Waals surface area contributed by atoms with E-state index >= 15 is 0 Å². The molecule has 0 saturated carbocycles. The summed E-state index contributed by atoms with van der Waals surface area (Å²) in [5.74, 6) is -0.720. The Morgan fingerprint density at radius 1 is 1.56 bits per heavy atom. The Hall–Kier alpha value is -1.61. The summed E-state index contributed by atoms with van der Waals surface area (Å²) in [6, 6.07) is 3.65. The fourth-order valence-corrected chi connectivity index (χ4v) is 1.45. The molecule has 3 nitrogen and oxygen atoms in total. The average Bonchev–Trinajstić information content (AvgIpc) is 2.27. The molecule has 0 spiro atoms. The molecule has 0 fully saturated rings. The van der Waals surface area contributed by atoms with Crippen molar-refractivity contribution in [1.29, 1.82) is 5.26 Å². The topological polar surface area (TPSA) is 50.1 Å². The molecule has 0 aliphatic rings. The lowest BCUT2D eigenvalue weighted by Gasteiger charge is -2.08. The number of alkyl halides is 2. The van der Waals surface area contributed by atoms with Crippen molar-refractivity contribution in [3.8, 4) is 6.07 Å². The highest BCUT2D eigenvalue weighted by Gasteiger charge is 2.19. The SMILES string of the molecule is COC(=O)c1cc(C#N)c(C(F)F)cc1S. The summed E-state index contributed by atoms with van der Waals surface area (Å²) in [4.78, 5) is 11.3. The van der Waals surface area contributed by atoms with E-state index in [1.165, 1.54) is 0 Å². The molecule has 0 bridgehead atoms. The van der Waals surface area contributed by atoms with Crippen LogP contribution >= 0.6 is 12.6 Å². The van der Waals surface area contributed by atoms with Crippen LogP contribution in [0.4, 0.5) is 8.78 Å². The largest absolute Gasteiger partial charge is 0.465 e. The van der Waals surface area contributed by atoms with Crippen molar-refractivity contribution in [3.63, 3.8) is 0 Å². The third-order valence-corrected chi connectivity index (χ3v) is 2.30. The summed E-state index contributed by atoms with van der Waals surface area (Å²) in [6.45, 7) is 0. The van der Waals surface area contributed by atoms with Crippen LogP contribution in [-0.4, -0.2) is 13.1 Å². The number of hydrogen-bond donors (Lipinski definition) is 1. The van der Waals surface area contributed by atoms with Crippen molar-refractivity contribution in [2.75, 3.05) is 7.11 Å². The van der Waals surface area contributed by atoms with E-state index < -0.39 is 18.0 Å². The van der Waals surface area contributed by atoms with E-state index in [1.807, 2.05) is 0 Å². The van der Waals surface area contributed by atoms with Crippen LogP contribution in [-0.2, 0) is 4.74 Å². The van der Waals surface area contributed by atoms with Gasteiger partial charge >= 0.3 is 5.97 Å². The molecule has 84 valence electrons. The van der Waals surface area contributed by atoms with E-state index in [1.54, 1.807) is 6.07 Å². The van der Waals surface area contributed by atoms with Crippen LogP contribution in [0, 0.1) is 11.3 Å². The Labute approximate surface area is 96.0 Å². The van der Waals surface area contributed by atoms with Crippen LogP contribution in [0.3, 0.4) is 0 Å². The molecule has 0 aliphatic heterocycles. The van der Waals surface area contributed by atoms with Crippen LogP contribution in [0.15, 0.2) is 17.0 Å². The van der Waals surface area contributed by atoms with E-state index in [4.69, 9.17) is 5.26 Å². The zero-order chi connectivity index (χ0) is 12.3. The quantitative estimate of drug-likeness (QED) is 0.641. The van der Waals surface area contributed by atoms with Crippen LogP contribution in [0.25, 0.3) is 0 Å². The van der Waals surface area contributed by atoms with Gasteiger partial charge in [-0.1, -0.05) is 0 Å². The minimum atomic E-state index is -2.78. The number of benzene rings is 1. The van der Waals surface area contributed by atoms with Gasteiger partial charge in [-0.3, -0.25) is 0 Å². The standard InChI is InChI=1S/C10H7F2NO2S/c1-15-10(14)7-2-5(4-13)6(9(11)12)3-8(7)16/h2-3,9,16H,1H3. The highest BCUT2D eigenvalue weighted by Crippen LogP contribution is 2.28. The van der Waals surface area contributed by atoms with Gasteiger partial charge in [-0.25, -0.2) is 13.6 Å². The molecule has 0 radical (unpaired) electrons. The van der Waals surface area contributed by atoms with Gasteiger partial charge in [-0.2, -0.15) is 5.26 Å². The molecule has 6 heteroatoms. The zero-order valence-corrected chi connectivity index (χ0v) is 9.09. The van der Waals surface area contributed by atoms with E-state index in [0.717, 1.165) is 19.2 Å². The molecular weight excluding hydrogens is 236 g/mol. The molecule has 0 aliphatic carbocycles. The fourth-order valence-electron chi connectivity index (χ4n) is 1.16. The van der Waals surface area contributed by atoms with Crippen molar-refractivity contribution >= 4 is 18.6 Å². The predicted molar refractivity (Wildman–Crippen MR) is 54.7 cm³/mol. The van der Waals surface area contributed by atoms with Crippen molar-refractivity contribution in [1.82, 2.24) is 0 Å². The lowest BCUT2D eigenvalue weighted by molar-refractivity contribution is 0.0596. The Morgan fingerprint density at radius 3 is 2.62 bits per heavy atom. The maximum absolute atomic E-state index is 12.5. The lowest BCUT2D eigenvalue weighted by atomic mass is 10.0. The van der Waals surface area contributed by atoms with Crippen molar-refractivity contribution in [2.45, 2.75) is 11.3 Å². The summed E-state index contributed by atoms with van der Waals surface area (Å²) in [5, 5.41) is 8.68. The van der Waals surface area contributed by atoms with E-state index in [0.29, 0.717) is 0 Å². The number of ether oxygens (including phenoxy) is 1. The highest BCUT2D eigenvalue weighted by molar-refractivity contribution is 7.80. The minimum Gasteiger partial charge on any atom is -0.465 e. The number of nitriles is 1.